The Hall–Kier alpha value is -3.00. The molecule has 0 saturated carbocycles. The van der Waals surface area contributed by atoms with Crippen LogP contribution in [0.25, 0.3) is 17.4 Å². The average molecular weight is 366 g/mol. The van der Waals surface area contributed by atoms with Crippen LogP contribution >= 0.6 is 0 Å². The molecule has 0 aromatic carbocycles. The number of nitrogens with zero attached hydrogens (tertiary/aromatic N) is 5. The molecule has 2 N–H and O–H groups in total. The van der Waals surface area contributed by atoms with Crippen molar-refractivity contribution in [1.82, 2.24) is 24.6 Å². The van der Waals surface area contributed by atoms with E-state index < -0.39 is 5.91 Å². The SMILES string of the molecule is Cc1cccc(-n2nc(CC(N)=O)nc2-c2ccc(CN3CCCC3)o2)n1. The van der Waals surface area contributed by atoms with Gasteiger partial charge in [0.05, 0.1) is 13.0 Å². The highest BCUT2D eigenvalue weighted by atomic mass is 16.3. The second-order valence-electron chi connectivity index (χ2n) is 6.79. The summed E-state index contributed by atoms with van der Waals surface area (Å²) in [4.78, 5) is 22.7. The first-order valence-corrected chi connectivity index (χ1v) is 9.08. The van der Waals surface area contributed by atoms with Crippen molar-refractivity contribution in [2.45, 2.75) is 32.7 Å². The Morgan fingerprint density at radius 1 is 1.19 bits per heavy atom. The first-order valence-electron chi connectivity index (χ1n) is 9.08. The monoisotopic (exact) mass is 366 g/mol. The number of carbonyl (C=O) groups is 1. The Labute approximate surface area is 157 Å². The number of furan rings is 1. The van der Waals surface area contributed by atoms with E-state index in [4.69, 9.17) is 10.2 Å². The zero-order valence-corrected chi connectivity index (χ0v) is 15.3. The second-order valence-corrected chi connectivity index (χ2v) is 6.79. The lowest BCUT2D eigenvalue weighted by atomic mass is 10.3. The van der Waals surface area contributed by atoms with Gasteiger partial charge in [-0.05, 0) is 57.1 Å². The fourth-order valence-corrected chi connectivity index (χ4v) is 3.30. The molecule has 8 nitrogen and oxygen atoms in total. The number of aromatic nitrogens is 4. The standard InChI is InChI=1S/C19H22N6O2/c1-13-5-4-6-18(21-13)25-19(22-17(23-25)11-16(20)26)15-8-7-14(27-15)12-24-9-2-3-10-24/h4-8H,2-3,9-12H2,1H3,(H2,20,26). The molecule has 0 bridgehead atoms. The Morgan fingerprint density at radius 2 is 2.00 bits per heavy atom. The largest absolute Gasteiger partial charge is 0.456 e. The Kier molecular flexibility index (Phi) is 4.72. The molecule has 1 aliphatic heterocycles. The van der Waals surface area contributed by atoms with Gasteiger partial charge in [0.25, 0.3) is 0 Å². The summed E-state index contributed by atoms with van der Waals surface area (Å²) in [6, 6.07) is 9.50. The van der Waals surface area contributed by atoms with Crippen LogP contribution in [0.3, 0.4) is 0 Å². The highest BCUT2D eigenvalue weighted by Crippen LogP contribution is 2.24. The van der Waals surface area contributed by atoms with Gasteiger partial charge in [-0.15, -0.1) is 5.10 Å². The summed E-state index contributed by atoms with van der Waals surface area (Å²) in [5.41, 5.74) is 6.17. The maximum Gasteiger partial charge on any atom is 0.225 e. The first kappa shape index (κ1) is 17.4. The molecule has 1 saturated heterocycles. The van der Waals surface area contributed by atoms with E-state index in [1.165, 1.54) is 12.8 Å². The molecule has 0 radical (unpaired) electrons. The highest BCUT2D eigenvalue weighted by Gasteiger charge is 2.20. The molecule has 0 spiro atoms. The third kappa shape index (κ3) is 3.90. The number of rotatable bonds is 6. The summed E-state index contributed by atoms with van der Waals surface area (Å²) in [5.74, 6) is 2.47. The third-order valence-corrected chi connectivity index (χ3v) is 4.53. The van der Waals surface area contributed by atoms with Crippen LogP contribution in [0.1, 0.15) is 30.1 Å². The molecule has 8 heteroatoms. The van der Waals surface area contributed by atoms with Crippen molar-refractivity contribution in [2.75, 3.05) is 13.1 Å². The number of hydrogen-bond donors (Lipinski definition) is 1. The van der Waals surface area contributed by atoms with Crippen molar-refractivity contribution in [1.29, 1.82) is 0 Å². The lowest BCUT2D eigenvalue weighted by molar-refractivity contribution is -0.117. The van der Waals surface area contributed by atoms with E-state index in [0.29, 0.717) is 23.2 Å². The highest BCUT2D eigenvalue weighted by molar-refractivity contribution is 5.75. The Morgan fingerprint density at radius 3 is 2.74 bits per heavy atom. The van der Waals surface area contributed by atoms with E-state index in [1.54, 1.807) is 4.68 Å². The minimum atomic E-state index is -0.481. The van der Waals surface area contributed by atoms with Gasteiger partial charge in [-0.25, -0.2) is 9.97 Å². The summed E-state index contributed by atoms with van der Waals surface area (Å²) in [5, 5.41) is 4.42. The lowest BCUT2D eigenvalue weighted by Crippen LogP contribution is -2.17. The molecule has 0 atom stereocenters. The van der Waals surface area contributed by atoms with Gasteiger partial charge in [-0.3, -0.25) is 9.69 Å². The number of hydrogen-bond acceptors (Lipinski definition) is 6. The van der Waals surface area contributed by atoms with Crippen LogP contribution in [-0.2, 0) is 17.8 Å². The van der Waals surface area contributed by atoms with Gasteiger partial charge in [0, 0.05) is 5.69 Å². The van der Waals surface area contributed by atoms with Gasteiger partial charge < -0.3 is 10.2 Å². The molecule has 140 valence electrons. The van der Waals surface area contributed by atoms with Crippen LogP contribution in [0, 0.1) is 6.92 Å². The van der Waals surface area contributed by atoms with Crippen molar-refractivity contribution in [3.63, 3.8) is 0 Å². The van der Waals surface area contributed by atoms with Crippen LogP contribution in [0.4, 0.5) is 0 Å². The fourth-order valence-electron chi connectivity index (χ4n) is 3.30. The molecule has 27 heavy (non-hydrogen) atoms. The molecule has 4 rings (SSSR count). The smallest absolute Gasteiger partial charge is 0.225 e. The zero-order valence-electron chi connectivity index (χ0n) is 15.3. The lowest BCUT2D eigenvalue weighted by Gasteiger charge is -2.11. The molecule has 1 aliphatic rings. The van der Waals surface area contributed by atoms with Crippen molar-refractivity contribution in [2.24, 2.45) is 5.73 Å². The molecule has 0 aliphatic carbocycles. The van der Waals surface area contributed by atoms with Gasteiger partial charge >= 0.3 is 0 Å². The topological polar surface area (TPSA) is 103 Å². The Bertz CT molecular complexity index is 955. The number of likely N-dealkylation sites (tertiary alicyclic amines) is 1. The van der Waals surface area contributed by atoms with E-state index in [0.717, 1.165) is 31.1 Å². The molecule has 1 amide bonds. The Balaban J connectivity index is 1.69. The molecular weight excluding hydrogens is 344 g/mol. The van der Waals surface area contributed by atoms with Crippen LogP contribution < -0.4 is 5.73 Å². The first-order chi connectivity index (χ1) is 13.1. The van der Waals surface area contributed by atoms with Crippen molar-refractivity contribution < 1.29 is 9.21 Å². The van der Waals surface area contributed by atoms with Gasteiger partial charge in [-0.1, -0.05) is 6.07 Å². The molecule has 1 fully saturated rings. The summed E-state index contributed by atoms with van der Waals surface area (Å²) < 4.78 is 7.63. The van der Waals surface area contributed by atoms with E-state index in [9.17, 15) is 4.79 Å². The van der Waals surface area contributed by atoms with Crippen LogP contribution in [-0.4, -0.2) is 43.6 Å². The predicted molar refractivity (Wildman–Crippen MR) is 99.0 cm³/mol. The molecule has 4 heterocycles. The summed E-state index contributed by atoms with van der Waals surface area (Å²) in [6.45, 7) is 4.89. The van der Waals surface area contributed by atoms with E-state index in [2.05, 4.69) is 20.0 Å². The van der Waals surface area contributed by atoms with E-state index in [-0.39, 0.29) is 6.42 Å². The van der Waals surface area contributed by atoms with Crippen molar-refractivity contribution in [3.8, 4) is 17.4 Å². The normalized spacial score (nSPS) is 14.7. The van der Waals surface area contributed by atoms with Crippen molar-refractivity contribution >= 4 is 5.91 Å². The number of primary amides is 1. The minimum Gasteiger partial charge on any atom is -0.456 e. The summed E-state index contributed by atoms with van der Waals surface area (Å²) in [6.07, 6.45) is 2.43. The van der Waals surface area contributed by atoms with Crippen molar-refractivity contribution in [3.05, 3.63) is 47.6 Å². The molecular formula is C19H22N6O2. The maximum absolute atomic E-state index is 11.3. The zero-order chi connectivity index (χ0) is 18.8. The van der Waals surface area contributed by atoms with Crippen LogP contribution in [0.2, 0.25) is 0 Å². The summed E-state index contributed by atoms with van der Waals surface area (Å²) in [7, 11) is 0. The quantitative estimate of drug-likeness (QED) is 0.714. The van der Waals surface area contributed by atoms with E-state index >= 15 is 0 Å². The minimum absolute atomic E-state index is 0.0346. The number of aryl methyl sites for hydroxylation is 1. The fraction of sp³-hybridized carbons (Fsp3) is 0.368. The van der Waals surface area contributed by atoms with Gasteiger partial charge in [0.15, 0.2) is 17.4 Å². The van der Waals surface area contributed by atoms with Gasteiger partial charge in [-0.2, -0.15) is 4.68 Å². The van der Waals surface area contributed by atoms with Gasteiger partial charge in [0.1, 0.15) is 5.76 Å². The average Bonchev–Trinajstić information content (AvgIpc) is 3.35. The number of amides is 1. The summed E-state index contributed by atoms with van der Waals surface area (Å²) >= 11 is 0. The van der Waals surface area contributed by atoms with E-state index in [1.807, 2.05) is 37.3 Å². The maximum atomic E-state index is 11.3. The van der Waals surface area contributed by atoms with Gasteiger partial charge in [0.2, 0.25) is 11.7 Å². The molecule has 3 aromatic heterocycles. The predicted octanol–water partition coefficient (Wildman–Crippen LogP) is 1.85. The number of nitrogens with two attached hydrogens (primary N) is 1. The third-order valence-electron chi connectivity index (χ3n) is 4.53. The molecule has 0 unspecified atom stereocenters. The van der Waals surface area contributed by atoms with Crippen LogP contribution in [0.15, 0.2) is 34.7 Å². The second kappa shape index (κ2) is 7.32. The number of carbonyl (C=O) groups excluding carboxylic acids is 1. The number of pyridine rings is 1. The van der Waals surface area contributed by atoms with Crippen LogP contribution in [0.5, 0.6) is 0 Å². The molecule has 3 aromatic rings.